The van der Waals surface area contributed by atoms with E-state index < -0.39 is 0 Å². The van der Waals surface area contributed by atoms with Crippen LogP contribution in [0.4, 0.5) is 0 Å². The van der Waals surface area contributed by atoms with Crippen molar-refractivity contribution < 1.29 is 4.74 Å². The van der Waals surface area contributed by atoms with E-state index >= 15 is 0 Å². The van der Waals surface area contributed by atoms with Crippen molar-refractivity contribution in [3.05, 3.63) is 53.2 Å². The molecule has 88 valence electrons. The molecule has 0 saturated carbocycles. The van der Waals surface area contributed by atoms with Crippen LogP contribution in [0.2, 0.25) is 0 Å². The van der Waals surface area contributed by atoms with Gasteiger partial charge in [0.15, 0.2) is 0 Å². The zero-order chi connectivity index (χ0) is 12.3. The molecule has 0 saturated heterocycles. The maximum Gasteiger partial charge on any atom is 0.219 e. The molecule has 0 aliphatic rings. The molecule has 2 N–H and O–H groups in total. The van der Waals surface area contributed by atoms with Gasteiger partial charge in [-0.25, -0.2) is 4.98 Å². The number of benzene rings is 1. The number of pyridine rings is 1. The van der Waals surface area contributed by atoms with E-state index in [4.69, 9.17) is 10.5 Å². The summed E-state index contributed by atoms with van der Waals surface area (Å²) in [5.74, 6) is 1.38. The van der Waals surface area contributed by atoms with Crippen molar-refractivity contribution in [2.45, 2.75) is 20.4 Å². The molecule has 1 aromatic heterocycles. The number of hydrogen-bond acceptors (Lipinski definition) is 3. The Balaban J connectivity index is 2.22. The molecule has 0 amide bonds. The fourth-order valence-electron chi connectivity index (χ4n) is 1.53. The number of rotatable bonds is 3. The molecule has 0 spiro atoms. The summed E-state index contributed by atoms with van der Waals surface area (Å²) < 4.78 is 5.69. The summed E-state index contributed by atoms with van der Waals surface area (Å²) in [6.45, 7) is 4.56. The summed E-state index contributed by atoms with van der Waals surface area (Å²) in [4.78, 5) is 4.29. The second-order valence-electron chi connectivity index (χ2n) is 4.02. The van der Waals surface area contributed by atoms with E-state index in [9.17, 15) is 0 Å². The standard InChI is InChI=1S/C14H16N2O/c1-10-6-7-13(8-11(10)2)17-14-5-3-4-12(9-15)16-14/h3-8H,9,15H2,1-2H3. The van der Waals surface area contributed by atoms with Crippen LogP contribution >= 0.6 is 0 Å². The predicted molar refractivity (Wildman–Crippen MR) is 68.1 cm³/mol. The van der Waals surface area contributed by atoms with Crippen molar-refractivity contribution in [1.82, 2.24) is 4.98 Å². The van der Waals surface area contributed by atoms with Gasteiger partial charge in [0.25, 0.3) is 0 Å². The zero-order valence-electron chi connectivity index (χ0n) is 10.1. The Bertz CT molecular complexity index is 523. The Hall–Kier alpha value is -1.87. The molecule has 3 heteroatoms. The third kappa shape index (κ3) is 2.82. The third-order valence-electron chi connectivity index (χ3n) is 2.69. The van der Waals surface area contributed by atoms with Crippen molar-refractivity contribution in [1.29, 1.82) is 0 Å². The van der Waals surface area contributed by atoms with Crippen LogP contribution in [0.25, 0.3) is 0 Å². The molecule has 3 nitrogen and oxygen atoms in total. The van der Waals surface area contributed by atoms with Crippen molar-refractivity contribution >= 4 is 0 Å². The molecule has 1 aromatic carbocycles. The van der Waals surface area contributed by atoms with Crippen LogP contribution < -0.4 is 10.5 Å². The number of hydrogen-bond donors (Lipinski definition) is 1. The Labute approximate surface area is 101 Å². The van der Waals surface area contributed by atoms with Gasteiger partial charge in [0.05, 0.1) is 5.69 Å². The predicted octanol–water partition coefficient (Wildman–Crippen LogP) is 2.95. The van der Waals surface area contributed by atoms with Crippen molar-refractivity contribution in [2.75, 3.05) is 0 Å². The number of aryl methyl sites for hydroxylation is 2. The van der Waals surface area contributed by atoms with Crippen LogP contribution in [0.1, 0.15) is 16.8 Å². The lowest BCUT2D eigenvalue weighted by molar-refractivity contribution is 0.460. The van der Waals surface area contributed by atoms with Crippen LogP contribution in [0.3, 0.4) is 0 Å². The van der Waals surface area contributed by atoms with E-state index in [-0.39, 0.29) is 0 Å². The molecule has 1 heterocycles. The Morgan fingerprint density at radius 2 is 1.94 bits per heavy atom. The quantitative estimate of drug-likeness (QED) is 0.878. The molecule has 0 bridgehead atoms. The fraction of sp³-hybridized carbons (Fsp3) is 0.214. The van der Waals surface area contributed by atoms with Crippen LogP contribution in [0.15, 0.2) is 36.4 Å². The van der Waals surface area contributed by atoms with Gasteiger partial charge in [0.2, 0.25) is 5.88 Å². The molecule has 17 heavy (non-hydrogen) atoms. The SMILES string of the molecule is Cc1ccc(Oc2cccc(CN)n2)cc1C. The molecule has 0 radical (unpaired) electrons. The van der Waals surface area contributed by atoms with Crippen LogP contribution in [-0.4, -0.2) is 4.98 Å². The first-order valence-corrected chi connectivity index (χ1v) is 5.60. The summed E-state index contributed by atoms with van der Waals surface area (Å²) >= 11 is 0. The second kappa shape index (κ2) is 4.97. The molecular formula is C14H16N2O. The summed E-state index contributed by atoms with van der Waals surface area (Å²) in [6.07, 6.45) is 0. The minimum atomic E-state index is 0.421. The molecule has 0 aliphatic carbocycles. The van der Waals surface area contributed by atoms with Crippen molar-refractivity contribution in [3.63, 3.8) is 0 Å². The van der Waals surface area contributed by atoms with Gasteiger partial charge in [0, 0.05) is 12.6 Å². The van der Waals surface area contributed by atoms with Gasteiger partial charge in [-0.05, 0) is 43.2 Å². The first-order valence-electron chi connectivity index (χ1n) is 5.60. The number of aromatic nitrogens is 1. The molecule has 0 aliphatic heterocycles. The average molecular weight is 228 g/mol. The minimum Gasteiger partial charge on any atom is -0.439 e. The highest BCUT2D eigenvalue weighted by molar-refractivity contribution is 5.35. The van der Waals surface area contributed by atoms with Crippen LogP contribution in [0, 0.1) is 13.8 Å². The summed E-state index contributed by atoms with van der Waals surface area (Å²) in [6, 6.07) is 11.6. The molecule has 2 rings (SSSR count). The minimum absolute atomic E-state index is 0.421. The third-order valence-corrected chi connectivity index (χ3v) is 2.69. The first-order chi connectivity index (χ1) is 8.19. The monoisotopic (exact) mass is 228 g/mol. The summed E-state index contributed by atoms with van der Waals surface area (Å²) in [5.41, 5.74) is 8.82. The molecule has 0 atom stereocenters. The summed E-state index contributed by atoms with van der Waals surface area (Å²) in [5, 5.41) is 0. The first kappa shape index (κ1) is 11.6. The Kier molecular flexibility index (Phi) is 3.40. The largest absolute Gasteiger partial charge is 0.439 e. The van der Waals surface area contributed by atoms with Crippen molar-refractivity contribution in [2.24, 2.45) is 5.73 Å². The number of nitrogens with zero attached hydrogens (tertiary/aromatic N) is 1. The van der Waals surface area contributed by atoms with E-state index in [0.29, 0.717) is 12.4 Å². The Morgan fingerprint density at radius 1 is 1.12 bits per heavy atom. The second-order valence-corrected chi connectivity index (χ2v) is 4.02. The van der Waals surface area contributed by atoms with Gasteiger partial charge in [-0.1, -0.05) is 12.1 Å². The maximum absolute atomic E-state index is 5.69. The highest BCUT2D eigenvalue weighted by atomic mass is 16.5. The van der Waals surface area contributed by atoms with Crippen molar-refractivity contribution in [3.8, 4) is 11.6 Å². The van der Waals surface area contributed by atoms with E-state index in [1.165, 1.54) is 11.1 Å². The van der Waals surface area contributed by atoms with Gasteiger partial charge in [-0.15, -0.1) is 0 Å². The Morgan fingerprint density at radius 3 is 2.65 bits per heavy atom. The smallest absolute Gasteiger partial charge is 0.219 e. The van der Waals surface area contributed by atoms with Crippen LogP contribution in [0.5, 0.6) is 11.6 Å². The van der Waals surface area contributed by atoms with Gasteiger partial charge in [0.1, 0.15) is 5.75 Å². The van der Waals surface area contributed by atoms with Gasteiger partial charge >= 0.3 is 0 Å². The maximum atomic E-state index is 5.69. The lowest BCUT2D eigenvalue weighted by Crippen LogP contribution is -2.00. The van der Waals surface area contributed by atoms with Gasteiger partial charge in [-0.3, -0.25) is 0 Å². The molecule has 0 unspecified atom stereocenters. The lowest BCUT2D eigenvalue weighted by Gasteiger charge is -2.07. The zero-order valence-corrected chi connectivity index (χ0v) is 10.1. The van der Waals surface area contributed by atoms with Gasteiger partial charge < -0.3 is 10.5 Å². The molecule has 2 aromatic rings. The summed E-state index contributed by atoms with van der Waals surface area (Å²) in [7, 11) is 0. The van der Waals surface area contributed by atoms with Crippen LogP contribution in [-0.2, 0) is 6.54 Å². The topological polar surface area (TPSA) is 48.1 Å². The molecular weight excluding hydrogens is 212 g/mol. The van der Waals surface area contributed by atoms with E-state index in [0.717, 1.165) is 11.4 Å². The highest BCUT2D eigenvalue weighted by Gasteiger charge is 2.01. The van der Waals surface area contributed by atoms with Gasteiger partial charge in [-0.2, -0.15) is 0 Å². The van der Waals surface area contributed by atoms with E-state index in [2.05, 4.69) is 18.8 Å². The highest BCUT2D eigenvalue weighted by Crippen LogP contribution is 2.22. The van der Waals surface area contributed by atoms with E-state index in [1.54, 1.807) is 0 Å². The fourth-order valence-corrected chi connectivity index (χ4v) is 1.53. The van der Waals surface area contributed by atoms with E-state index in [1.807, 2.05) is 36.4 Å². The number of ether oxygens (including phenoxy) is 1. The number of nitrogens with two attached hydrogens (primary N) is 1. The lowest BCUT2D eigenvalue weighted by atomic mass is 10.1. The molecule has 0 fully saturated rings. The average Bonchev–Trinajstić information content (AvgIpc) is 2.34. The normalized spacial score (nSPS) is 10.3.